The van der Waals surface area contributed by atoms with Crippen molar-refractivity contribution in [3.05, 3.63) is 30.3 Å². The fraction of sp³-hybridized carbons (Fsp3) is 0.526. The van der Waals surface area contributed by atoms with Crippen molar-refractivity contribution in [1.29, 1.82) is 0 Å². The fourth-order valence-electron chi connectivity index (χ4n) is 2.08. The maximum absolute atomic E-state index is 12.4. The fourth-order valence-corrected chi connectivity index (χ4v) is 2.08. The molecule has 0 aliphatic rings. The zero-order chi connectivity index (χ0) is 19.7. The number of carbonyl (C=O) groups is 3. The molecule has 1 aromatic rings. The lowest BCUT2D eigenvalue weighted by atomic mass is 10.0. The van der Waals surface area contributed by atoms with Gasteiger partial charge in [-0.25, -0.2) is 9.59 Å². The number of anilines is 1. The second kappa shape index (κ2) is 10.4. The van der Waals surface area contributed by atoms with Crippen LogP contribution in [0, 0.1) is 11.8 Å². The summed E-state index contributed by atoms with van der Waals surface area (Å²) in [6.07, 6.45) is -0.929. The van der Waals surface area contributed by atoms with Crippen LogP contribution in [0.4, 0.5) is 10.5 Å². The van der Waals surface area contributed by atoms with E-state index < -0.39 is 24.1 Å². The molecule has 26 heavy (non-hydrogen) atoms. The van der Waals surface area contributed by atoms with Gasteiger partial charge >= 0.3 is 12.0 Å². The number of rotatable bonds is 8. The van der Waals surface area contributed by atoms with E-state index in [1.807, 2.05) is 19.9 Å². The van der Waals surface area contributed by atoms with Crippen molar-refractivity contribution in [3.63, 3.8) is 0 Å². The minimum atomic E-state index is -0.929. The third-order valence-electron chi connectivity index (χ3n) is 3.59. The molecule has 0 saturated heterocycles. The normalized spacial score (nSPS) is 13.0. The van der Waals surface area contributed by atoms with Gasteiger partial charge < -0.3 is 20.7 Å². The Hall–Kier alpha value is -2.57. The highest BCUT2D eigenvalue weighted by atomic mass is 16.5. The maximum Gasteiger partial charge on any atom is 0.329 e. The van der Waals surface area contributed by atoms with Crippen LogP contribution < -0.4 is 16.0 Å². The van der Waals surface area contributed by atoms with Crippen LogP contribution in [0.25, 0.3) is 0 Å². The van der Waals surface area contributed by atoms with Crippen LogP contribution in [-0.4, -0.2) is 36.6 Å². The molecule has 0 spiro atoms. The van der Waals surface area contributed by atoms with Gasteiger partial charge in [-0.2, -0.15) is 0 Å². The molecule has 144 valence electrons. The molecule has 0 saturated carbocycles. The van der Waals surface area contributed by atoms with Crippen LogP contribution in [0.2, 0.25) is 0 Å². The molecule has 0 aromatic heterocycles. The summed E-state index contributed by atoms with van der Waals surface area (Å²) in [5.74, 6) is -0.901. The standard InChI is InChI=1S/C19H29N3O4/c1-12(2)11-20-17(23)14(5)26-18(24)16(13(3)4)22-19(25)21-15-9-7-6-8-10-15/h6-10,12-14,16H,11H2,1-5H3,(H,20,23)(H2,21,22,25)/t14-,16+/m0/s1. The Bertz CT molecular complexity index is 602. The summed E-state index contributed by atoms with van der Waals surface area (Å²) in [5.41, 5.74) is 0.613. The summed E-state index contributed by atoms with van der Waals surface area (Å²) in [5, 5.41) is 7.97. The van der Waals surface area contributed by atoms with Gasteiger partial charge in [0.05, 0.1) is 0 Å². The number of carbonyl (C=O) groups excluding carboxylic acids is 3. The van der Waals surface area contributed by atoms with Crippen LogP contribution in [0.15, 0.2) is 30.3 Å². The highest BCUT2D eigenvalue weighted by Crippen LogP contribution is 2.09. The van der Waals surface area contributed by atoms with E-state index >= 15 is 0 Å². The number of amides is 3. The Kier molecular flexibility index (Phi) is 8.61. The summed E-state index contributed by atoms with van der Waals surface area (Å²) >= 11 is 0. The average Bonchev–Trinajstić information content (AvgIpc) is 2.57. The zero-order valence-electron chi connectivity index (χ0n) is 16.0. The highest BCUT2D eigenvalue weighted by Gasteiger charge is 2.29. The van der Waals surface area contributed by atoms with Gasteiger partial charge in [-0.05, 0) is 30.9 Å². The van der Waals surface area contributed by atoms with Crippen molar-refractivity contribution in [2.24, 2.45) is 11.8 Å². The lowest BCUT2D eigenvalue weighted by Gasteiger charge is -2.23. The van der Waals surface area contributed by atoms with Crippen LogP contribution in [0.3, 0.4) is 0 Å². The first-order valence-corrected chi connectivity index (χ1v) is 8.81. The molecule has 0 fully saturated rings. The van der Waals surface area contributed by atoms with Crippen LogP contribution in [-0.2, 0) is 14.3 Å². The molecule has 0 aliphatic heterocycles. The molecular weight excluding hydrogens is 334 g/mol. The third kappa shape index (κ3) is 7.55. The Morgan fingerprint density at radius 2 is 1.62 bits per heavy atom. The maximum atomic E-state index is 12.4. The topological polar surface area (TPSA) is 96.5 Å². The molecule has 7 heteroatoms. The first-order valence-electron chi connectivity index (χ1n) is 8.81. The monoisotopic (exact) mass is 363 g/mol. The predicted octanol–water partition coefficient (Wildman–Crippen LogP) is 2.54. The van der Waals surface area contributed by atoms with Gasteiger partial charge in [0.15, 0.2) is 6.10 Å². The van der Waals surface area contributed by atoms with Crippen molar-refractivity contribution < 1.29 is 19.1 Å². The van der Waals surface area contributed by atoms with Crippen molar-refractivity contribution in [2.75, 3.05) is 11.9 Å². The first kappa shape index (κ1) is 21.5. The van der Waals surface area contributed by atoms with Gasteiger partial charge in [-0.1, -0.05) is 45.9 Å². The van der Waals surface area contributed by atoms with Crippen LogP contribution >= 0.6 is 0 Å². The molecule has 3 N–H and O–H groups in total. The van der Waals surface area contributed by atoms with E-state index in [4.69, 9.17) is 4.74 Å². The van der Waals surface area contributed by atoms with E-state index in [1.165, 1.54) is 6.92 Å². The van der Waals surface area contributed by atoms with E-state index in [9.17, 15) is 14.4 Å². The minimum absolute atomic E-state index is 0.199. The Morgan fingerprint density at radius 3 is 2.15 bits per heavy atom. The van der Waals surface area contributed by atoms with Crippen molar-refractivity contribution in [1.82, 2.24) is 10.6 Å². The van der Waals surface area contributed by atoms with Crippen LogP contribution in [0.1, 0.15) is 34.6 Å². The highest BCUT2D eigenvalue weighted by molar-refractivity contribution is 5.93. The third-order valence-corrected chi connectivity index (χ3v) is 3.59. The van der Waals surface area contributed by atoms with Gasteiger partial charge in [0, 0.05) is 12.2 Å². The number of hydrogen-bond donors (Lipinski definition) is 3. The van der Waals surface area contributed by atoms with Gasteiger partial charge in [0.2, 0.25) is 0 Å². The molecule has 3 amide bonds. The number of nitrogens with one attached hydrogen (secondary N) is 3. The number of benzene rings is 1. The smallest absolute Gasteiger partial charge is 0.329 e. The molecule has 1 aromatic carbocycles. The molecule has 0 unspecified atom stereocenters. The van der Waals surface area contributed by atoms with Crippen molar-refractivity contribution >= 4 is 23.6 Å². The lowest BCUT2D eigenvalue weighted by molar-refractivity contribution is -0.157. The molecule has 1 rings (SSSR count). The largest absolute Gasteiger partial charge is 0.451 e. The molecule has 0 aliphatic carbocycles. The second-order valence-corrected chi connectivity index (χ2v) is 6.90. The van der Waals surface area contributed by atoms with Gasteiger partial charge in [-0.3, -0.25) is 4.79 Å². The SMILES string of the molecule is CC(C)CNC(=O)[C@H](C)OC(=O)[C@H](NC(=O)Nc1ccccc1)C(C)C. The minimum Gasteiger partial charge on any atom is -0.451 e. The first-order chi connectivity index (χ1) is 12.2. The van der Waals surface area contributed by atoms with Crippen molar-refractivity contribution in [2.45, 2.75) is 46.8 Å². The predicted molar refractivity (Wildman–Crippen MR) is 101 cm³/mol. The average molecular weight is 363 g/mol. The number of ether oxygens (including phenoxy) is 1. The quantitative estimate of drug-likeness (QED) is 0.618. The molecular formula is C19H29N3O4. The summed E-state index contributed by atoms with van der Waals surface area (Å²) in [6, 6.07) is 7.53. The Labute approximate surface area is 154 Å². The zero-order valence-corrected chi connectivity index (χ0v) is 16.0. The Morgan fingerprint density at radius 1 is 1.00 bits per heavy atom. The molecule has 7 nitrogen and oxygen atoms in total. The Balaban J connectivity index is 2.60. The number of urea groups is 1. The van der Waals surface area contributed by atoms with Crippen molar-refractivity contribution in [3.8, 4) is 0 Å². The molecule has 0 bridgehead atoms. The number of para-hydroxylation sites is 1. The van der Waals surface area contributed by atoms with E-state index in [0.717, 1.165) is 0 Å². The summed E-state index contributed by atoms with van der Waals surface area (Å²) in [6.45, 7) is 9.54. The van der Waals surface area contributed by atoms with E-state index in [1.54, 1.807) is 38.1 Å². The number of hydrogen-bond acceptors (Lipinski definition) is 4. The second-order valence-electron chi connectivity index (χ2n) is 6.90. The van der Waals surface area contributed by atoms with E-state index in [-0.39, 0.29) is 11.8 Å². The summed E-state index contributed by atoms with van der Waals surface area (Å²) < 4.78 is 5.23. The number of esters is 1. The van der Waals surface area contributed by atoms with Gasteiger partial charge in [0.1, 0.15) is 6.04 Å². The molecule has 0 heterocycles. The van der Waals surface area contributed by atoms with Gasteiger partial charge in [0.25, 0.3) is 5.91 Å². The van der Waals surface area contributed by atoms with E-state index in [0.29, 0.717) is 18.2 Å². The lowest BCUT2D eigenvalue weighted by Crippen LogP contribution is -2.49. The van der Waals surface area contributed by atoms with Gasteiger partial charge in [-0.15, -0.1) is 0 Å². The molecule has 2 atom stereocenters. The summed E-state index contributed by atoms with van der Waals surface area (Å²) in [4.78, 5) is 36.5. The van der Waals surface area contributed by atoms with E-state index in [2.05, 4.69) is 16.0 Å². The summed E-state index contributed by atoms with van der Waals surface area (Å²) in [7, 11) is 0. The molecule has 0 radical (unpaired) electrons. The van der Waals surface area contributed by atoms with Crippen LogP contribution in [0.5, 0.6) is 0 Å².